The Bertz CT molecular complexity index is 596. The summed E-state index contributed by atoms with van der Waals surface area (Å²) >= 11 is 5.90. The summed E-state index contributed by atoms with van der Waals surface area (Å²) in [6.45, 7) is 2.63. The Hall–Kier alpha value is -1.68. The summed E-state index contributed by atoms with van der Waals surface area (Å²) in [7, 11) is 0. The van der Waals surface area contributed by atoms with Crippen LogP contribution in [0.4, 0.5) is 18.9 Å². The van der Waals surface area contributed by atoms with Crippen LogP contribution < -0.4 is 5.32 Å². The Morgan fingerprint density at radius 2 is 1.76 bits per heavy atom. The van der Waals surface area contributed by atoms with Gasteiger partial charge >= 0.3 is 6.18 Å². The van der Waals surface area contributed by atoms with E-state index in [2.05, 4.69) is 5.32 Å². The molecule has 0 saturated heterocycles. The summed E-state index contributed by atoms with van der Waals surface area (Å²) in [5.41, 5.74) is 0.926. The monoisotopic (exact) mass is 313 g/mol. The predicted octanol–water partition coefficient (Wildman–Crippen LogP) is 5.57. The van der Waals surface area contributed by atoms with Gasteiger partial charge in [-0.05, 0) is 29.7 Å². The minimum Gasteiger partial charge on any atom is -0.383 e. The molecule has 0 aliphatic carbocycles. The van der Waals surface area contributed by atoms with E-state index in [0.717, 1.165) is 17.7 Å². The van der Waals surface area contributed by atoms with Gasteiger partial charge in [0.2, 0.25) is 0 Å². The van der Waals surface area contributed by atoms with E-state index in [-0.39, 0.29) is 10.9 Å². The number of alkyl halides is 3. The molecule has 1 unspecified atom stereocenters. The maximum absolute atomic E-state index is 12.6. The second kappa shape index (κ2) is 6.39. The van der Waals surface area contributed by atoms with Crippen LogP contribution in [-0.4, -0.2) is 6.54 Å². The fourth-order valence-electron chi connectivity index (χ4n) is 2.00. The van der Waals surface area contributed by atoms with Crippen LogP contribution in [0.15, 0.2) is 48.5 Å². The molecule has 1 atom stereocenters. The third-order valence-corrected chi connectivity index (χ3v) is 3.58. The van der Waals surface area contributed by atoms with Crippen molar-refractivity contribution in [3.63, 3.8) is 0 Å². The Morgan fingerprint density at radius 1 is 1.10 bits per heavy atom. The maximum atomic E-state index is 12.6. The van der Waals surface area contributed by atoms with E-state index in [1.807, 2.05) is 37.3 Å². The molecule has 0 fully saturated rings. The lowest BCUT2D eigenvalue weighted by Crippen LogP contribution is -2.11. The summed E-state index contributed by atoms with van der Waals surface area (Å²) in [6, 6.07) is 13.2. The summed E-state index contributed by atoms with van der Waals surface area (Å²) in [5, 5.41) is 3.16. The van der Waals surface area contributed by atoms with Gasteiger partial charge in [0.05, 0.1) is 16.3 Å². The van der Waals surface area contributed by atoms with Gasteiger partial charge in [-0.15, -0.1) is 0 Å². The predicted molar refractivity (Wildman–Crippen MR) is 79.8 cm³/mol. The minimum absolute atomic E-state index is 0.0742. The topological polar surface area (TPSA) is 12.0 Å². The number of benzene rings is 2. The number of hydrogen-bond donors (Lipinski definition) is 1. The molecule has 0 heterocycles. The smallest absolute Gasteiger partial charge is 0.383 e. The molecule has 5 heteroatoms. The molecule has 2 rings (SSSR count). The van der Waals surface area contributed by atoms with E-state index >= 15 is 0 Å². The van der Waals surface area contributed by atoms with E-state index in [9.17, 15) is 13.2 Å². The SMILES string of the molecule is CC(CNc1ccc(C(F)(F)F)cc1Cl)c1ccccc1. The van der Waals surface area contributed by atoms with E-state index in [1.54, 1.807) is 0 Å². The second-order valence-electron chi connectivity index (χ2n) is 4.89. The number of rotatable bonds is 4. The molecular formula is C16H15ClF3N. The van der Waals surface area contributed by atoms with Gasteiger partial charge in [0.1, 0.15) is 0 Å². The molecule has 0 aromatic heterocycles. The van der Waals surface area contributed by atoms with Gasteiger partial charge < -0.3 is 5.32 Å². The van der Waals surface area contributed by atoms with Gasteiger partial charge in [-0.1, -0.05) is 48.9 Å². The lowest BCUT2D eigenvalue weighted by molar-refractivity contribution is -0.137. The van der Waals surface area contributed by atoms with Crippen molar-refractivity contribution in [2.45, 2.75) is 19.0 Å². The molecular weight excluding hydrogens is 299 g/mol. The van der Waals surface area contributed by atoms with Crippen LogP contribution in [-0.2, 0) is 6.18 Å². The Morgan fingerprint density at radius 3 is 2.33 bits per heavy atom. The molecule has 112 valence electrons. The molecule has 0 aliphatic rings. The lowest BCUT2D eigenvalue weighted by atomic mass is 10.0. The number of nitrogens with one attached hydrogen (secondary N) is 1. The van der Waals surface area contributed by atoms with Crippen molar-refractivity contribution < 1.29 is 13.2 Å². The summed E-state index contributed by atoms with van der Waals surface area (Å²) in [6.07, 6.45) is -4.38. The average molecular weight is 314 g/mol. The molecule has 1 nitrogen and oxygen atoms in total. The Balaban J connectivity index is 2.04. The van der Waals surface area contributed by atoms with Crippen molar-refractivity contribution in [1.82, 2.24) is 0 Å². The van der Waals surface area contributed by atoms with Gasteiger partial charge in [-0.25, -0.2) is 0 Å². The van der Waals surface area contributed by atoms with Crippen molar-refractivity contribution in [2.24, 2.45) is 0 Å². The zero-order valence-corrected chi connectivity index (χ0v) is 12.2. The first-order valence-corrected chi connectivity index (χ1v) is 6.91. The molecule has 0 amide bonds. The van der Waals surface area contributed by atoms with Gasteiger partial charge in [0.25, 0.3) is 0 Å². The van der Waals surface area contributed by atoms with Crippen LogP contribution in [0.2, 0.25) is 5.02 Å². The van der Waals surface area contributed by atoms with Gasteiger partial charge in [0, 0.05) is 6.54 Å². The highest BCUT2D eigenvalue weighted by molar-refractivity contribution is 6.33. The number of hydrogen-bond acceptors (Lipinski definition) is 1. The van der Waals surface area contributed by atoms with Crippen molar-refractivity contribution in [1.29, 1.82) is 0 Å². The molecule has 0 aliphatic heterocycles. The average Bonchev–Trinajstić information content (AvgIpc) is 2.45. The maximum Gasteiger partial charge on any atom is 0.416 e. The van der Waals surface area contributed by atoms with E-state index in [1.165, 1.54) is 6.07 Å². The first-order valence-electron chi connectivity index (χ1n) is 6.53. The van der Waals surface area contributed by atoms with Gasteiger partial charge in [-0.2, -0.15) is 13.2 Å². The van der Waals surface area contributed by atoms with E-state index in [4.69, 9.17) is 11.6 Å². The van der Waals surface area contributed by atoms with E-state index < -0.39 is 11.7 Å². The fraction of sp³-hybridized carbons (Fsp3) is 0.250. The normalized spacial score (nSPS) is 13.0. The van der Waals surface area contributed by atoms with E-state index in [0.29, 0.717) is 12.2 Å². The van der Waals surface area contributed by atoms with Crippen molar-refractivity contribution in [3.8, 4) is 0 Å². The molecule has 0 saturated carbocycles. The highest BCUT2D eigenvalue weighted by Gasteiger charge is 2.30. The first-order chi connectivity index (χ1) is 9.88. The van der Waals surface area contributed by atoms with Crippen molar-refractivity contribution in [2.75, 3.05) is 11.9 Å². The van der Waals surface area contributed by atoms with Gasteiger partial charge in [-0.3, -0.25) is 0 Å². The van der Waals surface area contributed by atoms with Crippen LogP contribution in [0.5, 0.6) is 0 Å². The fourth-order valence-corrected chi connectivity index (χ4v) is 2.24. The molecule has 0 bridgehead atoms. The number of anilines is 1. The number of halogens is 4. The highest BCUT2D eigenvalue weighted by atomic mass is 35.5. The standard InChI is InChI=1S/C16H15ClF3N/c1-11(12-5-3-2-4-6-12)10-21-15-8-7-13(9-14(15)17)16(18,19)20/h2-9,11,21H,10H2,1H3. The zero-order chi connectivity index (χ0) is 15.5. The highest BCUT2D eigenvalue weighted by Crippen LogP contribution is 2.33. The van der Waals surface area contributed by atoms with Crippen LogP contribution in [0, 0.1) is 0 Å². The Labute approximate surface area is 126 Å². The molecule has 2 aromatic carbocycles. The Kier molecular flexibility index (Phi) is 4.78. The molecule has 21 heavy (non-hydrogen) atoms. The molecule has 1 N–H and O–H groups in total. The third kappa shape index (κ3) is 4.14. The quantitative estimate of drug-likeness (QED) is 0.777. The zero-order valence-electron chi connectivity index (χ0n) is 11.4. The van der Waals surface area contributed by atoms with Crippen LogP contribution in [0.25, 0.3) is 0 Å². The largest absolute Gasteiger partial charge is 0.416 e. The summed E-state index contributed by atoms with van der Waals surface area (Å²) in [4.78, 5) is 0. The molecule has 2 aromatic rings. The molecule has 0 spiro atoms. The molecule has 0 radical (unpaired) electrons. The van der Waals surface area contributed by atoms with Crippen LogP contribution in [0.1, 0.15) is 24.0 Å². The van der Waals surface area contributed by atoms with Crippen molar-refractivity contribution in [3.05, 3.63) is 64.7 Å². The summed E-state index contributed by atoms with van der Waals surface area (Å²) < 4.78 is 37.7. The summed E-state index contributed by atoms with van der Waals surface area (Å²) in [5.74, 6) is 0.226. The van der Waals surface area contributed by atoms with Crippen LogP contribution >= 0.6 is 11.6 Å². The van der Waals surface area contributed by atoms with Crippen LogP contribution in [0.3, 0.4) is 0 Å². The second-order valence-corrected chi connectivity index (χ2v) is 5.29. The third-order valence-electron chi connectivity index (χ3n) is 3.26. The minimum atomic E-state index is -4.38. The van der Waals surface area contributed by atoms with Gasteiger partial charge in [0.15, 0.2) is 0 Å². The van der Waals surface area contributed by atoms with Crippen molar-refractivity contribution >= 4 is 17.3 Å². The first kappa shape index (κ1) is 15.7. The lowest BCUT2D eigenvalue weighted by Gasteiger charge is -2.16.